The van der Waals surface area contributed by atoms with E-state index in [0.29, 0.717) is 13.0 Å². The van der Waals surface area contributed by atoms with Gasteiger partial charge in [-0.05, 0) is 19.9 Å². The van der Waals surface area contributed by atoms with Crippen LogP contribution in [-0.4, -0.2) is 43.5 Å². The molecule has 0 amide bonds. The number of rotatable bonds is 6. The lowest BCUT2D eigenvalue weighted by atomic mass is 10.3. The van der Waals surface area contributed by atoms with Gasteiger partial charge in [0, 0.05) is 19.5 Å². The van der Waals surface area contributed by atoms with E-state index >= 15 is 0 Å². The first-order chi connectivity index (χ1) is 7.24. The summed E-state index contributed by atoms with van der Waals surface area (Å²) in [6.45, 7) is 4.75. The van der Waals surface area contributed by atoms with E-state index in [1.807, 2.05) is 6.92 Å². The largest absolute Gasteiger partial charge is 0.466 e. The van der Waals surface area contributed by atoms with Crippen LogP contribution in [0, 0.1) is 0 Å². The van der Waals surface area contributed by atoms with E-state index in [9.17, 15) is 4.79 Å². The molecule has 6 nitrogen and oxygen atoms in total. The molecule has 88 valence electrons. The SMILES string of the molecule is CCOC(=O)CCCNC1NCCN1N. The molecule has 0 aromatic rings. The normalized spacial score (nSPS) is 21.9. The highest BCUT2D eigenvalue weighted by Crippen LogP contribution is 1.95. The third-order valence-electron chi connectivity index (χ3n) is 2.24. The van der Waals surface area contributed by atoms with Gasteiger partial charge in [0.15, 0.2) is 0 Å². The van der Waals surface area contributed by atoms with Gasteiger partial charge < -0.3 is 4.74 Å². The number of carbonyl (C=O) groups excluding carboxylic acids is 1. The van der Waals surface area contributed by atoms with Gasteiger partial charge in [-0.3, -0.25) is 21.3 Å². The molecule has 0 spiro atoms. The van der Waals surface area contributed by atoms with Crippen LogP contribution in [0.4, 0.5) is 0 Å². The zero-order valence-electron chi connectivity index (χ0n) is 9.16. The van der Waals surface area contributed by atoms with Crippen molar-refractivity contribution in [2.75, 3.05) is 26.2 Å². The van der Waals surface area contributed by atoms with E-state index in [4.69, 9.17) is 10.6 Å². The highest BCUT2D eigenvalue weighted by molar-refractivity contribution is 5.69. The van der Waals surface area contributed by atoms with Crippen molar-refractivity contribution in [2.24, 2.45) is 5.84 Å². The smallest absolute Gasteiger partial charge is 0.305 e. The monoisotopic (exact) mass is 216 g/mol. The molecule has 0 aromatic carbocycles. The quantitative estimate of drug-likeness (QED) is 0.300. The molecule has 1 rings (SSSR count). The Morgan fingerprint density at radius 1 is 1.73 bits per heavy atom. The van der Waals surface area contributed by atoms with Crippen LogP contribution in [0.25, 0.3) is 0 Å². The van der Waals surface area contributed by atoms with E-state index in [-0.39, 0.29) is 12.3 Å². The Morgan fingerprint density at radius 2 is 2.53 bits per heavy atom. The Labute approximate surface area is 90.1 Å². The van der Waals surface area contributed by atoms with Gasteiger partial charge in [0.2, 0.25) is 0 Å². The predicted molar refractivity (Wildman–Crippen MR) is 56.6 cm³/mol. The zero-order valence-corrected chi connectivity index (χ0v) is 9.16. The Bertz CT molecular complexity index is 201. The molecule has 15 heavy (non-hydrogen) atoms. The zero-order chi connectivity index (χ0) is 11.1. The van der Waals surface area contributed by atoms with Crippen LogP contribution in [-0.2, 0) is 9.53 Å². The average Bonchev–Trinajstić information content (AvgIpc) is 2.60. The van der Waals surface area contributed by atoms with Gasteiger partial charge >= 0.3 is 5.97 Å². The Morgan fingerprint density at radius 3 is 3.13 bits per heavy atom. The molecule has 0 aliphatic carbocycles. The lowest BCUT2D eigenvalue weighted by molar-refractivity contribution is -0.143. The standard InChI is InChI=1S/C9H20N4O2/c1-2-15-8(14)4-3-5-11-9-12-6-7-13(9)10/h9,11-12H,2-7,10H2,1H3. The van der Waals surface area contributed by atoms with Crippen molar-refractivity contribution in [1.82, 2.24) is 15.6 Å². The number of esters is 1. The fourth-order valence-corrected chi connectivity index (χ4v) is 1.47. The molecule has 4 N–H and O–H groups in total. The van der Waals surface area contributed by atoms with E-state index in [0.717, 1.165) is 26.1 Å². The minimum atomic E-state index is -0.136. The lowest BCUT2D eigenvalue weighted by Crippen LogP contribution is -2.51. The second-order valence-corrected chi connectivity index (χ2v) is 3.46. The van der Waals surface area contributed by atoms with E-state index in [2.05, 4.69) is 10.6 Å². The van der Waals surface area contributed by atoms with Gasteiger partial charge in [-0.15, -0.1) is 0 Å². The number of ether oxygens (including phenoxy) is 1. The van der Waals surface area contributed by atoms with Crippen molar-refractivity contribution >= 4 is 5.97 Å². The van der Waals surface area contributed by atoms with Crippen LogP contribution in [0.15, 0.2) is 0 Å². The van der Waals surface area contributed by atoms with Crippen LogP contribution in [0.1, 0.15) is 19.8 Å². The highest BCUT2D eigenvalue weighted by atomic mass is 16.5. The van der Waals surface area contributed by atoms with Crippen molar-refractivity contribution in [3.8, 4) is 0 Å². The summed E-state index contributed by atoms with van der Waals surface area (Å²) in [7, 11) is 0. The summed E-state index contributed by atoms with van der Waals surface area (Å²) < 4.78 is 4.82. The fraction of sp³-hybridized carbons (Fsp3) is 0.889. The third kappa shape index (κ3) is 4.57. The van der Waals surface area contributed by atoms with Crippen LogP contribution >= 0.6 is 0 Å². The molecule has 0 saturated carbocycles. The maximum Gasteiger partial charge on any atom is 0.305 e. The van der Waals surface area contributed by atoms with E-state index in [1.165, 1.54) is 0 Å². The van der Waals surface area contributed by atoms with Crippen molar-refractivity contribution in [3.05, 3.63) is 0 Å². The summed E-state index contributed by atoms with van der Waals surface area (Å²) in [6.07, 6.45) is 1.26. The molecule has 0 bridgehead atoms. The molecule has 0 aromatic heterocycles. The Kier molecular flexibility index (Phi) is 5.56. The number of hydrogen-bond acceptors (Lipinski definition) is 6. The van der Waals surface area contributed by atoms with Crippen LogP contribution in [0.5, 0.6) is 0 Å². The predicted octanol–water partition coefficient (Wildman–Crippen LogP) is -1.02. The lowest BCUT2D eigenvalue weighted by Gasteiger charge is -2.19. The molecule has 1 unspecified atom stereocenters. The number of carbonyl (C=O) groups is 1. The summed E-state index contributed by atoms with van der Waals surface area (Å²) in [5.41, 5.74) is 0. The van der Waals surface area contributed by atoms with Gasteiger partial charge in [-0.2, -0.15) is 0 Å². The summed E-state index contributed by atoms with van der Waals surface area (Å²) in [5.74, 6) is 5.55. The molecule has 1 aliphatic heterocycles. The Hall–Kier alpha value is -0.690. The number of nitrogens with one attached hydrogen (secondary N) is 2. The number of hydrogen-bond donors (Lipinski definition) is 3. The first kappa shape index (κ1) is 12.4. The van der Waals surface area contributed by atoms with Crippen LogP contribution in [0.3, 0.4) is 0 Å². The van der Waals surface area contributed by atoms with Gasteiger partial charge in [0.05, 0.1) is 6.61 Å². The van der Waals surface area contributed by atoms with Crippen molar-refractivity contribution in [1.29, 1.82) is 0 Å². The van der Waals surface area contributed by atoms with Gasteiger partial charge in [-0.25, -0.2) is 5.01 Å². The minimum Gasteiger partial charge on any atom is -0.466 e. The fourth-order valence-electron chi connectivity index (χ4n) is 1.47. The number of nitrogens with zero attached hydrogens (tertiary/aromatic N) is 1. The molecule has 1 atom stereocenters. The highest BCUT2D eigenvalue weighted by Gasteiger charge is 2.19. The minimum absolute atomic E-state index is 0.0344. The van der Waals surface area contributed by atoms with Gasteiger partial charge in [-0.1, -0.05) is 0 Å². The summed E-state index contributed by atoms with van der Waals surface area (Å²) >= 11 is 0. The second-order valence-electron chi connectivity index (χ2n) is 3.46. The maximum atomic E-state index is 11.0. The molecule has 1 fully saturated rings. The third-order valence-corrected chi connectivity index (χ3v) is 2.24. The molecule has 0 radical (unpaired) electrons. The van der Waals surface area contributed by atoms with Gasteiger partial charge in [0.1, 0.15) is 6.29 Å². The number of nitrogens with two attached hydrogens (primary N) is 1. The average molecular weight is 216 g/mol. The summed E-state index contributed by atoms with van der Waals surface area (Å²) in [4.78, 5) is 11.0. The van der Waals surface area contributed by atoms with Crippen molar-refractivity contribution in [3.63, 3.8) is 0 Å². The van der Waals surface area contributed by atoms with Crippen LogP contribution in [0.2, 0.25) is 0 Å². The van der Waals surface area contributed by atoms with E-state index < -0.39 is 0 Å². The topological polar surface area (TPSA) is 79.6 Å². The molecule has 1 saturated heterocycles. The van der Waals surface area contributed by atoms with Gasteiger partial charge in [0.25, 0.3) is 0 Å². The molecular weight excluding hydrogens is 196 g/mol. The van der Waals surface area contributed by atoms with Crippen LogP contribution < -0.4 is 16.5 Å². The first-order valence-corrected chi connectivity index (χ1v) is 5.37. The maximum absolute atomic E-state index is 11.0. The first-order valence-electron chi connectivity index (χ1n) is 5.37. The molecule has 6 heteroatoms. The summed E-state index contributed by atoms with van der Waals surface area (Å²) in [6, 6.07) is 0. The van der Waals surface area contributed by atoms with Crippen molar-refractivity contribution < 1.29 is 9.53 Å². The summed E-state index contributed by atoms with van der Waals surface area (Å²) in [5, 5.41) is 8.12. The van der Waals surface area contributed by atoms with E-state index in [1.54, 1.807) is 5.01 Å². The number of hydrazine groups is 1. The second kappa shape index (κ2) is 6.73. The molecule has 1 aliphatic rings. The molecular formula is C9H20N4O2. The van der Waals surface area contributed by atoms with Crippen molar-refractivity contribution in [2.45, 2.75) is 26.1 Å². The Balaban J connectivity index is 1.99. The molecule has 1 heterocycles.